The highest BCUT2D eigenvalue weighted by molar-refractivity contribution is 7.80. The highest BCUT2D eigenvalue weighted by Gasteiger charge is 2.36. The quantitative estimate of drug-likeness (QED) is 0.419. The minimum absolute atomic E-state index is 0.295. The first-order chi connectivity index (χ1) is 15.5. The molecule has 1 N–H and O–H groups in total. The number of rotatable bonds is 6. The fourth-order valence-electron chi connectivity index (χ4n) is 3.96. The molecule has 0 fully saturated rings. The lowest BCUT2D eigenvalue weighted by Crippen LogP contribution is -2.46. The average Bonchev–Trinajstić information content (AvgIpc) is 2.81. The van der Waals surface area contributed by atoms with Gasteiger partial charge in [-0.15, -0.1) is 0 Å². The van der Waals surface area contributed by atoms with Crippen molar-refractivity contribution in [1.82, 2.24) is 10.2 Å². The van der Waals surface area contributed by atoms with E-state index in [0.717, 1.165) is 27.6 Å². The smallest absolute Gasteiger partial charge is 0.338 e. The van der Waals surface area contributed by atoms with Crippen LogP contribution in [0.25, 0.3) is 10.8 Å². The Morgan fingerprint density at radius 2 is 1.78 bits per heavy atom. The molecular formula is C26H26N2O3S. The summed E-state index contributed by atoms with van der Waals surface area (Å²) in [4.78, 5) is 14.8. The molecule has 3 aromatic rings. The Kier molecular flexibility index (Phi) is 6.42. The summed E-state index contributed by atoms with van der Waals surface area (Å²) in [5, 5.41) is 5.95. The first-order valence-corrected chi connectivity index (χ1v) is 11.0. The molecule has 5 nitrogen and oxygen atoms in total. The van der Waals surface area contributed by atoms with Gasteiger partial charge in [-0.05, 0) is 48.5 Å². The number of nitrogens with zero attached hydrogens (tertiary/aromatic N) is 1. The lowest BCUT2D eigenvalue weighted by atomic mass is 9.90. The fourth-order valence-corrected chi connectivity index (χ4v) is 4.21. The van der Waals surface area contributed by atoms with Gasteiger partial charge in [-0.25, -0.2) is 4.79 Å². The SMILES string of the molecule is CCOC(=O)C1=C(C)N(C)C(=S)N[C@H]1c1c(OCc2ccccc2)ccc2ccccc12. The molecule has 3 aromatic carbocycles. The number of carbonyl (C=O) groups excluding carboxylic acids is 1. The normalized spacial score (nSPS) is 16.2. The van der Waals surface area contributed by atoms with Crippen molar-refractivity contribution in [3.05, 3.63) is 89.1 Å². The van der Waals surface area contributed by atoms with Gasteiger partial charge in [0, 0.05) is 18.3 Å². The van der Waals surface area contributed by atoms with Gasteiger partial charge in [0.1, 0.15) is 12.4 Å². The maximum Gasteiger partial charge on any atom is 0.338 e. The van der Waals surface area contributed by atoms with Crippen LogP contribution in [0.3, 0.4) is 0 Å². The van der Waals surface area contributed by atoms with Crippen molar-refractivity contribution in [3.8, 4) is 5.75 Å². The average molecular weight is 447 g/mol. The van der Waals surface area contributed by atoms with E-state index in [1.807, 2.05) is 80.7 Å². The number of hydrogen-bond donors (Lipinski definition) is 1. The third kappa shape index (κ3) is 4.18. The second kappa shape index (κ2) is 9.40. The molecule has 1 aliphatic heterocycles. The first-order valence-electron chi connectivity index (χ1n) is 10.6. The van der Waals surface area contributed by atoms with E-state index in [2.05, 4.69) is 5.32 Å². The van der Waals surface area contributed by atoms with E-state index >= 15 is 0 Å². The molecule has 0 saturated heterocycles. The molecule has 0 aliphatic carbocycles. The summed E-state index contributed by atoms with van der Waals surface area (Å²) in [5.74, 6) is 0.339. The fraction of sp³-hybridized carbons (Fsp3) is 0.231. The molecule has 0 bridgehead atoms. The van der Waals surface area contributed by atoms with Gasteiger partial charge in [-0.1, -0.05) is 60.7 Å². The molecule has 0 saturated carbocycles. The Balaban J connectivity index is 1.86. The molecule has 4 rings (SSSR count). The molecule has 6 heteroatoms. The van der Waals surface area contributed by atoms with E-state index in [1.165, 1.54) is 0 Å². The first kappa shape index (κ1) is 21.8. The van der Waals surface area contributed by atoms with Crippen LogP contribution in [0.1, 0.15) is 31.0 Å². The zero-order valence-electron chi connectivity index (χ0n) is 18.4. The van der Waals surface area contributed by atoms with Crippen LogP contribution < -0.4 is 10.1 Å². The molecule has 1 heterocycles. The highest BCUT2D eigenvalue weighted by atomic mass is 32.1. The number of fused-ring (bicyclic) bond motifs is 1. The third-order valence-electron chi connectivity index (χ3n) is 5.71. The van der Waals surface area contributed by atoms with Gasteiger partial charge < -0.3 is 19.7 Å². The molecule has 1 atom stereocenters. The number of allylic oxidation sites excluding steroid dienone is 1. The number of esters is 1. The number of carbonyl (C=O) groups is 1. The predicted octanol–water partition coefficient (Wildman–Crippen LogP) is 5.12. The second-order valence-electron chi connectivity index (χ2n) is 7.63. The number of benzene rings is 3. The Morgan fingerprint density at radius 3 is 2.53 bits per heavy atom. The third-order valence-corrected chi connectivity index (χ3v) is 6.10. The van der Waals surface area contributed by atoms with E-state index in [-0.39, 0.29) is 5.97 Å². The van der Waals surface area contributed by atoms with Crippen molar-refractivity contribution in [2.24, 2.45) is 0 Å². The minimum Gasteiger partial charge on any atom is -0.489 e. The van der Waals surface area contributed by atoms with Gasteiger partial charge >= 0.3 is 5.97 Å². The van der Waals surface area contributed by atoms with Crippen molar-refractivity contribution in [2.75, 3.05) is 13.7 Å². The summed E-state index contributed by atoms with van der Waals surface area (Å²) < 4.78 is 11.7. The molecule has 0 spiro atoms. The molecule has 0 unspecified atom stereocenters. The highest BCUT2D eigenvalue weighted by Crippen LogP contribution is 2.40. The number of thiocarbonyl (C=S) groups is 1. The number of hydrogen-bond acceptors (Lipinski definition) is 4. The predicted molar refractivity (Wildman–Crippen MR) is 130 cm³/mol. The van der Waals surface area contributed by atoms with Gasteiger partial charge in [-0.3, -0.25) is 0 Å². The van der Waals surface area contributed by atoms with Crippen LogP contribution in [0.5, 0.6) is 5.75 Å². The molecule has 0 aromatic heterocycles. The zero-order chi connectivity index (χ0) is 22.7. The van der Waals surface area contributed by atoms with Crippen LogP contribution in [0.2, 0.25) is 0 Å². The maximum absolute atomic E-state index is 13.0. The van der Waals surface area contributed by atoms with Crippen LogP contribution in [0.4, 0.5) is 0 Å². The summed E-state index contributed by atoms with van der Waals surface area (Å²) in [7, 11) is 1.84. The topological polar surface area (TPSA) is 50.8 Å². The van der Waals surface area contributed by atoms with Crippen molar-refractivity contribution >= 4 is 34.1 Å². The Bertz CT molecular complexity index is 1190. The molecule has 164 valence electrons. The monoisotopic (exact) mass is 446 g/mol. The van der Waals surface area contributed by atoms with Crippen LogP contribution in [0.15, 0.2) is 78.0 Å². The van der Waals surface area contributed by atoms with Gasteiger partial charge in [0.15, 0.2) is 5.11 Å². The van der Waals surface area contributed by atoms with Crippen LogP contribution in [0, 0.1) is 0 Å². The lowest BCUT2D eigenvalue weighted by molar-refractivity contribution is -0.139. The summed E-state index contributed by atoms with van der Waals surface area (Å²) in [6.07, 6.45) is 0. The standard InChI is InChI=1S/C26H26N2O3S/c1-4-30-25(29)22-17(2)28(3)26(32)27-24(22)23-20-13-9-8-12-19(20)14-15-21(23)31-16-18-10-6-5-7-11-18/h5-15,24H,4,16H2,1-3H3,(H,27,32)/t24-/m1/s1. The van der Waals surface area contributed by atoms with Crippen LogP contribution in [-0.2, 0) is 16.1 Å². The summed E-state index contributed by atoms with van der Waals surface area (Å²) in [6, 6.07) is 21.6. The van der Waals surface area contributed by atoms with E-state index in [1.54, 1.807) is 11.8 Å². The molecule has 0 radical (unpaired) electrons. The number of ether oxygens (including phenoxy) is 2. The van der Waals surface area contributed by atoms with Crippen molar-refractivity contribution in [2.45, 2.75) is 26.5 Å². The van der Waals surface area contributed by atoms with Gasteiger partial charge in [0.2, 0.25) is 0 Å². The Morgan fingerprint density at radius 1 is 1.06 bits per heavy atom. The summed E-state index contributed by atoms with van der Waals surface area (Å²) in [6.45, 7) is 4.41. The van der Waals surface area contributed by atoms with E-state index in [9.17, 15) is 4.79 Å². The minimum atomic E-state index is -0.491. The van der Waals surface area contributed by atoms with Crippen molar-refractivity contribution in [3.63, 3.8) is 0 Å². The van der Waals surface area contributed by atoms with E-state index < -0.39 is 6.04 Å². The van der Waals surface area contributed by atoms with E-state index in [0.29, 0.717) is 29.6 Å². The Labute approximate surface area is 193 Å². The van der Waals surface area contributed by atoms with E-state index in [4.69, 9.17) is 21.7 Å². The van der Waals surface area contributed by atoms with Crippen LogP contribution >= 0.6 is 12.2 Å². The lowest BCUT2D eigenvalue weighted by Gasteiger charge is -2.36. The summed E-state index contributed by atoms with van der Waals surface area (Å²) in [5.41, 5.74) is 3.23. The molecule has 1 aliphatic rings. The maximum atomic E-state index is 13.0. The summed E-state index contributed by atoms with van der Waals surface area (Å²) >= 11 is 5.58. The van der Waals surface area contributed by atoms with Crippen molar-refractivity contribution < 1.29 is 14.3 Å². The van der Waals surface area contributed by atoms with Crippen molar-refractivity contribution in [1.29, 1.82) is 0 Å². The largest absolute Gasteiger partial charge is 0.489 e. The molecule has 0 amide bonds. The van der Waals surface area contributed by atoms with Gasteiger partial charge in [0.05, 0.1) is 18.2 Å². The molecule has 32 heavy (non-hydrogen) atoms. The second-order valence-corrected chi connectivity index (χ2v) is 8.02. The number of nitrogens with one attached hydrogen (secondary N) is 1. The van der Waals surface area contributed by atoms with Gasteiger partial charge in [0.25, 0.3) is 0 Å². The van der Waals surface area contributed by atoms with Crippen LogP contribution in [-0.4, -0.2) is 29.6 Å². The van der Waals surface area contributed by atoms with Gasteiger partial charge in [-0.2, -0.15) is 0 Å². The Hall–Kier alpha value is -3.38. The zero-order valence-corrected chi connectivity index (χ0v) is 19.2. The molecular weight excluding hydrogens is 420 g/mol.